The van der Waals surface area contributed by atoms with Gasteiger partial charge in [-0.25, -0.2) is 9.78 Å². The number of hydrogen-bond acceptors (Lipinski definition) is 5. The van der Waals surface area contributed by atoms with Gasteiger partial charge >= 0.3 is 5.97 Å². The topological polar surface area (TPSA) is 80.3 Å². The summed E-state index contributed by atoms with van der Waals surface area (Å²) in [6, 6.07) is 16.2. The van der Waals surface area contributed by atoms with Crippen LogP contribution >= 0.6 is 0 Å². The van der Waals surface area contributed by atoms with E-state index in [1.165, 1.54) is 5.56 Å². The first-order chi connectivity index (χ1) is 14.0. The highest BCUT2D eigenvalue weighted by molar-refractivity contribution is 6.03. The molecule has 2 N–H and O–H groups in total. The quantitative estimate of drug-likeness (QED) is 0.588. The van der Waals surface area contributed by atoms with E-state index in [4.69, 9.17) is 4.74 Å². The number of nitrogens with zero attached hydrogens (tertiary/aromatic N) is 1. The molecular weight excluding hydrogens is 366 g/mol. The highest BCUT2D eigenvalue weighted by Gasteiger charge is 2.13. The van der Waals surface area contributed by atoms with E-state index in [-0.39, 0.29) is 5.91 Å². The molecular formula is C23H23N3O3. The molecule has 0 aliphatic heterocycles. The van der Waals surface area contributed by atoms with Crippen LogP contribution in [0.15, 0.2) is 60.8 Å². The van der Waals surface area contributed by atoms with Gasteiger partial charge in [0.2, 0.25) is 0 Å². The molecule has 0 saturated carbocycles. The van der Waals surface area contributed by atoms with Gasteiger partial charge in [-0.1, -0.05) is 18.2 Å². The van der Waals surface area contributed by atoms with Gasteiger partial charge in [0.1, 0.15) is 5.69 Å². The first-order valence-corrected chi connectivity index (χ1v) is 9.35. The molecule has 0 saturated heterocycles. The van der Waals surface area contributed by atoms with Gasteiger partial charge in [0, 0.05) is 5.69 Å². The molecule has 2 aromatic carbocycles. The van der Waals surface area contributed by atoms with E-state index in [0.29, 0.717) is 29.2 Å². The van der Waals surface area contributed by atoms with Crippen molar-refractivity contribution < 1.29 is 14.3 Å². The highest BCUT2D eigenvalue weighted by Crippen LogP contribution is 2.22. The lowest BCUT2D eigenvalue weighted by Gasteiger charge is -2.11. The zero-order valence-electron chi connectivity index (χ0n) is 16.7. The van der Waals surface area contributed by atoms with Crippen LogP contribution in [0.3, 0.4) is 0 Å². The van der Waals surface area contributed by atoms with Crippen molar-refractivity contribution in [2.45, 2.75) is 20.8 Å². The number of ether oxygens (including phenoxy) is 1. The van der Waals surface area contributed by atoms with E-state index in [1.807, 2.05) is 38.1 Å². The number of carbonyl (C=O) groups excluding carboxylic acids is 2. The van der Waals surface area contributed by atoms with Crippen LogP contribution in [0.1, 0.15) is 38.9 Å². The van der Waals surface area contributed by atoms with Crippen LogP contribution in [0.4, 0.5) is 17.1 Å². The number of aryl methyl sites for hydroxylation is 2. The predicted octanol–water partition coefficient (Wildman–Crippen LogP) is 4.87. The molecule has 6 nitrogen and oxygen atoms in total. The summed E-state index contributed by atoms with van der Waals surface area (Å²) in [5.41, 5.74) is 5.00. The number of carbonyl (C=O) groups is 2. The van der Waals surface area contributed by atoms with Gasteiger partial charge in [-0.2, -0.15) is 0 Å². The Morgan fingerprint density at radius 3 is 2.41 bits per heavy atom. The first kappa shape index (κ1) is 20.1. The van der Waals surface area contributed by atoms with Crippen LogP contribution in [0.25, 0.3) is 0 Å². The van der Waals surface area contributed by atoms with Crippen LogP contribution in [0.2, 0.25) is 0 Å². The number of amides is 1. The summed E-state index contributed by atoms with van der Waals surface area (Å²) in [4.78, 5) is 28.8. The molecule has 1 heterocycles. The van der Waals surface area contributed by atoms with Crippen LogP contribution in [-0.2, 0) is 4.74 Å². The maximum Gasteiger partial charge on any atom is 0.340 e. The molecule has 0 bridgehead atoms. The van der Waals surface area contributed by atoms with Gasteiger partial charge in [-0.05, 0) is 68.3 Å². The van der Waals surface area contributed by atoms with Gasteiger partial charge in [0.15, 0.2) is 0 Å². The number of esters is 1. The molecule has 0 unspecified atom stereocenters. The summed E-state index contributed by atoms with van der Waals surface area (Å²) in [5.74, 6) is -0.681. The SMILES string of the molecule is CCOC(=O)c1ccccc1Nc1ccc(C(=O)Nc2ccc(C)c(C)c2)nc1. The minimum Gasteiger partial charge on any atom is -0.462 e. The fourth-order valence-corrected chi connectivity index (χ4v) is 2.75. The van der Waals surface area contributed by atoms with Crippen LogP contribution in [0, 0.1) is 13.8 Å². The molecule has 6 heteroatoms. The van der Waals surface area contributed by atoms with Crippen molar-refractivity contribution in [2.75, 3.05) is 17.2 Å². The number of para-hydroxylation sites is 1. The Hall–Kier alpha value is -3.67. The highest BCUT2D eigenvalue weighted by atomic mass is 16.5. The summed E-state index contributed by atoms with van der Waals surface area (Å²) in [6.45, 7) is 6.09. The molecule has 1 aromatic heterocycles. The predicted molar refractivity (Wildman–Crippen MR) is 114 cm³/mol. The summed E-state index contributed by atoms with van der Waals surface area (Å²) in [7, 11) is 0. The summed E-state index contributed by atoms with van der Waals surface area (Å²) >= 11 is 0. The monoisotopic (exact) mass is 389 g/mol. The molecule has 3 rings (SSSR count). The second kappa shape index (κ2) is 9.01. The molecule has 0 aliphatic rings. The number of benzene rings is 2. The molecule has 0 spiro atoms. The zero-order chi connectivity index (χ0) is 20.8. The van der Waals surface area contributed by atoms with Crippen LogP contribution in [-0.4, -0.2) is 23.5 Å². The lowest BCUT2D eigenvalue weighted by molar-refractivity contribution is 0.0527. The Labute approximate surface area is 169 Å². The molecule has 0 radical (unpaired) electrons. The maximum atomic E-state index is 12.4. The summed E-state index contributed by atoms with van der Waals surface area (Å²) < 4.78 is 5.08. The Morgan fingerprint density at radius 1 is 0.966 bits per heavy atom. The fraction of sp³-hybridized carbons (Fsp3) is 0.174. The van der Waals surface area contributed by atoms with Gasteiger partial charge in [-0.15, -0.1) is 0 Å². The number of nitrogens with one attached hydrogen (secondary N) is 2. The Bertz CT molecular complexity index is 1030. The third kappa shape index (κ3) is 4.99. The van der Waals surface area contributed by atoms with Gasteiger partial charge < -0.3 is 15.4 Å². The standard InChI is InChI=1S/C23H23N3O3/c1-4-29-23(28)19-7-5-6-8-20(19)25-18-11-12-21(24-14-18)22(27)26-17-10-9-15(2)16(3)13-17/h5-14,25H,4H2,1-3H3,(H,26,27). The normalized spacial score (nSPS) is 10.3. The zero-order valence-corrected chi connectivity index (χ0v) is 16.7. The average Bonchev–Trinajstić information content (AvgIpc) is 2.72. The molecule has 0 aliphatic carbocycles. The van der Waals surface area contributed by atoms with Crippen molar-refractivity contribution in [3.05, 3.63) is 83.2 Å². The van der Waals surface area contributed by atoms with E-state index in [1.54, 1.807) is 43.5 Å². The second-order valence-corrected chi connectivity index (χ2v) is 6.58. The largest absolute Gasteiger partial charge is 0.462 e. The van der Waals surface area contributed by atoms with Gasteiger partial charge in [-0.3, -0.25) is 4.79 Å². The minimum absolute atomic E-state index is 0.285. The van der Waals surface area contributed by atoms with E-state index in [0.717, 1.165) is 11.3 Å². The van der Waals surface area contributed by atoms with Crippen molar-refractivity contribution in [2.24, 2.45) is 0 Å². The van der Waals surface area contributed by atoms with Gasteiger partial charge in [0.25, 0.3) is 5.91 Å². The number of hydrogen-bond donors (Lipinski definition) is 2. The average molecular weight is 389 g/mol. The van der Waals surface area contributed by atoms with Crippen molar-refractivity contribution in [3.8, 4) is 0 Å². The molecule has 148 valence electrons. The van der Waals surface area contributed by atoms with E-state index in [2.05, 4.69) is 15.6 Å². The van der Waals surface area contributed by atoms with E-state index in [9.17, 15) is 9.59 Å². The van der Waals surface area contributed by atoms with E-state index < -0.39 is 5.97 Å². The van der Waals surface area contributed by atoms with Crippen molar-refractivity contribution >= 4 is 28.9 Å². The molecule has 29 heavy (non-hydrogen) atoms. The number of rotatable bonds is 6. The third-order valence-corrected chi connectivity index (χ3v) is 4.46. The minimum atomic E-state index is -0.395. The number of aromatic nitrogens is 1. The Balaban J connectivity index is 1.71. The molecule has 1 amide bonds. The fourth-order valence-electron chi connectivity index (χ4n) is 2.75. The lowest BCUT2D eigenvalue weighted by atomic mass is 10.1. The first-order valence-electron chi connectivity index (χ1n) is 9.35. The van der Waals surface area contributed by atoms with Crippen molar-refractivity contribution in [1.29, 1.82) is 0 Å². The lowest BCUT2D eigenvalue weighted by Crippen LogP contribution is -2.14. The smallest absolute Gasteiger partial charge is 0.340 e. The molecule has 0 fully saturated rings. The second-order valence-electron chi connectivity index (χ2n) is 6.58. The van der Waals surface area contributed by atoms with Gasteiger partial charge in [0.05, 0.1) is 29.7 Å². The van der Waals surface area contributed by atoms with Crippen LogP contribution in [0.5, 0.6) is 0 Å². The van der Waals surface area contributed by atoms with Crippen molar-refractivity contribution in [1.82, 2.24) is 4.98 Å². The van der Waals surface area contributed by atoms with E-state index >= 15 is 0 Å². The summed E-state index contributed by atoms with van der Waals surface area (Å²) in [6.07, 6.45) is 1.55. The molecule has 0 atom stereocenters. The molecule has 3 aromatic rings. The Morgan fingerprint density at radius 2 is 1.72 bits per heavy atom. The Kier molecular flexibility index (Phi) is 6.24. The maximum absolute atomic E-state index is 12.4. The van der Waals surface area contributed by atoms with Crippen LogP contribution < -0.4 is 10.6 Å². The van der Waals surface area contributed by atoms with Crippen molar-refractivity contribution in [3.63, 3.8) is 0 Å². The summed E-state index contributed by atoms with van der Waals surface area (Å²) in [5, 5.41) is 6.00. The third-order valence-electron chi connectivity index (χ3n) is 4.46. The number of pyridine rings is 1. The number of anilines is 3.